The molecule has 24 heavy (non-hydrogen) atoms. The number of anilines is 1. The number of aromatic nitrogens is 4. The molecule has 5 N–H and O–H groups in total. The van der Waals surface area contributed by atoms with E-state index in [2.05, 4.69) is 26.8 Å². The van der Waals surface area contributed by atoms with E-state index in [4.69, 9.17) is 10.5 Å². The third-order valence-electron chi connectivity index (χ3n) is 3.72. The van der Waals surface area contributed by atoms with Crippen molar-refractivity contribution in [3.8, 4) is 0 Å². The lowest BCUT2D eigenvalue weighted by Crippen LogP contribution is -2.43. The second-order valence-electron chi connectivity index (χ2n) is 5.69. The molecule has 3 rings (SSSR count). The number of aliphatic hydroxyl groups excluding tert-OH is 2. The number of nitrogens with one attached hydrogen (secondary N) is 1. The highest BCUT2D eigenvalue weighted by Gasteiger charge is 2.47. The fourth-order valence-electron chi connectivity index (χ4n) is 2.50. The number of nitrogen functional groups attached to an aromatic ring is 1. The van der Waals surface area contributed by atoms with Crippen LogP contribution in [0.15, 0.2) is 24.8 Å². The summed E-state index contributed by atoms with van der Waals surface area (Å²) in [6, 6.07) is 0. The van der Waals surface area contributed by atoms with Crippen LogP contribution in [-0.4, -0.2) is 60.5 Å². The zero-order valence-electron chi connectivity index (χ0n) is 13.0. The maximum atomic E-state index is 12.1. The number of nitrogens with two attached hydrogens (primary N) is 1. The number of nitrogens with zero attached hydrogens (tertiary/aromatic N) is 4. The highest BCUT2D eigenvalue weighted by atomic mass is 16.6. The number of carbonyl (C=O) groups excluding carboxylic acids is 1. The summed E-state index contributed by atoms with van der Waals surface area (Å²) in [6.07, 6.45) is -2.36. The van der Waals surface area contributed by atoms with Gasteiger partial charge in [0.05, 0.1) is 6.33 Å². The zero-order valence-corrected chi connectivity index (χ0v) is 13.0. The largest absolute Gasteiger partial charge is 0.387 e. The van der Waals surface area contributed by atoms with E-state index in [0.717, 1.165) is 5.57 Å². The quantitative estimate of drug-likeness (QED) is 0.505. The molecule has 0 unspecified atom stereocenters. The van der Waals surface area contributed by atoms with E-state index >= 15 is 0 Å². The van der Waals surface area contributed by atoms with E-state index in [1.807, 2.05) is 0 Å². The molecule has 1 amide bonds. The van der Waals surface area contributed by atoms with E-state index < -0.39 is 30.4 Å². The van der Waals surface area contributed by atoms with Crippen molar-refractivity contribution in [3.05, 3.63) is 24.8 Å². The minimum atomic E-state index is -1.39. The summed E-state index contributed by atoms with van der Waals surface area (Å²) < 4.78 is 6.96. The molecule has 3 heterocycles. The Bertz CT molecular complexity index is 791. The SMILES string of the molecule is C=C(C)CNC(=O)[C@H]1O[C@@H](n2cnc3c(N)ncnc32)[C@H](O)[C@@H]1O. The van der Waals surface area contributed by atoms with Crippen LogP contribution in [-0.2, 0) is 9.53 Å². The zero-order chi connectivity index (χ0) is 17.4. The summed E-state index contributed by atoms with van der Waals surface area (Å²) in [6.45, 7) is 5.69. The Morgan fingerprint density at radius 3 is 2.88 bits per heavy atom. The molecule has 0 saturated carbocycles. The van der Waals surface area contributed by atoms with E-state index in [1.165, 1.54) is 17.2 Å². The van der Waals surface area contributed by atoms with Crippen molar-refractivity contribution < 1.29 is 19.7 Å². The molecule has 10 nitrogen and oxygen atoms in total. The fraction of sp³-hybridized carbons (Fsp3) is 0.429. The molecule has 1 aliphatic rings. The molecule has 0 radical (unpaired) electrons. The third kappa shape index (κ3) is 2.70. The van der Waals surface area contributed by atoms with Crippen molar-refractivity contribution in [1.82, 2.24) is 24.8 Å². The van der Waals surface area contributed by atoms with Gasteiger partial charge in [0.15, 0.2) is 23.8 Å². The number of ether oxygens (including phenoxy) is 1. The first kappa shape index (κ1) is 16.3. The van der Waals surface area contributed by atoms with Gasteiger partial charge in [-0.25, -0.2) is 15.0 Å². The Morgan fingerprint density at radius 1 is 1.42 bits per heavy atom. The minimum Gasteiger partial charge on any atom is -0.387 e. The summed E-state index contributed by atoms with van der Waals surface area (Å²) in [5.74, 6) is -0.354. The molecule has 0 bridgehead atoms. The topological polar surface area (TPSA) is 148 Å². The van der Waals surface area contributed by atoms with E-state index in [0.29, 0.717) is 11.2 Å². The van der Waals surface area contributed by atoms with Crippen LogP contribution in [0.25, 0.3) is 11.2 Å². The van der Waals surface area contributed by atoms with Crippen molar-refractivity contribution in [2.45, 2.75) is 31.5 Å². The van der Waals surface area contributed by atoms with Gasteiger partial charge < -0.3 is 26.0 Å². The van der Waals surface area contributed by atoms with Crippen LogP contribution in [0, 0.1) is 0 Å². The van der Waals surface area contributed by atoms with Crippen molar-refractivity contribution in [2.75, 3.05) is 12.3 Å². The van der Waals surface area contributed by atoms with Gasteiger partial charge in [-0.05, 0) is 6.92 Å². The van der Waals surface area contributed by atoms with Gasteiger partial charge in [0.25, 0.3) is 5.91 Å². The van der Waals surface area contributed by atoms with Crippen molar-refractivity contribution in [2.24, 2.45) is 0 Å². The molecule has 4 atom stereocenters. The smallest absolute Gasteiger partial charge is 0.252 e. The second-order valence-corrected chi connectivity index (χ2v) is 5.69. The lowest BCUT2D eigenvalue weighted by molar-refractivity contribution is -0.137. The van der Waals surface area contributed by atoms with Crippen LogP contribution < -0.4 is 11.1 Å². The normalized spacial score (nSPS) is 26.6. The maximum absolute atomic E-state index is 12.1. The Morgan fingerprint density at radius 2 is 2.17 bits per heavy atom. The molecule has 10 heteroatoms. The second kappa shape index (κ2) is 6.15. The Labute approximate surface area is 137 Å². The average Bonchev–Trinajstić information content (AvgIpc) is 3.09. The van der Waals surface area contributed by atoms with Crippen molar-refractivity contribution in [3.63, 3.8) is 0 Å². The van der Waals surface area contributed by atoms with E-state index in [-0.39, 0.29) is 12.4 Å². The molecule has 1 saturated heterocycles. The maximum Gasteiger partial charge on any atom is 0.252 e. The number of carbonyl (C=O) groups is 1. The molecule has 1 fully saturated rings. The average molecular weight is 334 g/mol. The minimum absolute atomic E-state index is 0.183. The highest BCUT2D eigenvalue weighted by Crippen LogP contribution is 2.32. The standard InChI is InChI=1S/C14H18N6O4/c1-6(2)3-16-13(23)10-8(21)9(22)14(24-10)20-5-19-7-11(15)17-4-18-12(7)20/h4-5,8-10,14,21-22H,1,3H2,2H3,(H,16,23)(H2,15,17,18)/t8-,9+,10-,14+/m0/s1. The molecule has 1 aliphatic heterocycles. The number of amides is 1. The Hall–Kier alpha value is -2.56. The number of fused-ring (bicyclic) bond motifs is 1. The van der Waals surface area contributed by atoms with Crippen LogP contribution >= 0.6 is 0 Å². The van der Waals surface area contributed by atoms with E-state index in [1.54, 1.807) is 6.92 Å². The summed E-state index contributed by atoms with van der Waals surface area (Å²) in [7, 11) is 0. The molecular weight excluding hydrogens is 316 g/mol. The third-order valence-corrected chi connectivity index (χ3v) is 3.72. The van der Waals surface area contributed by atoms with Gasteiger partial charge in [0.2, 0.25) is 0 Å². The molecule has 2 aromatic rings. The van der Waals surface area contributed by atoms with Gasteiger partial charge >= 0.3 is 0 Å². The van der Waals surface area contributed by atoms with Crippen LogP contribution in [0.5, 0.6) is 0 Å². The summed E-state index contributed by atoms with van der Waals surface area (Å²) in [5.41, 5.74) is 7.15. The van der Waals surface area contributed by atoms with Gasteiger partial charge in [0.1, 0.15) is 24.1 Å². The summed E-state index contributed by atoms with van der Waals surface area (Å²) >= 11 is 0. The number of rotatable bonds is 4. The predicted octanol–water partition coefficient (Wildman–Crippen LogP) is -1.28. The highest BCUT2D eigenvalue weighted by molar-refractivity contribution is 5.83. The lowest BCUT2D eigenvalue weighted by Gasteiger charge is -2.16. The monoisotopic (exact) mass is 334 g/mol. The molecular formula is C14H18N6O4. The predicted molar refractivity (Wildman–Crippen MR) is 83.5 cm³/mol. The number of aliphatic hydroxyl groups is 2. The lowest BCUT2D eigenvalue weighted by atomic mass is 10.1. The Kier molecular flexibility index (Phi) is 4.18. The number of hydrogen-bond donors (Lipinski definition) is 4. The van der Waals surface area contributed by atoms with Gasteiger partial charge in [0, 0.05) is 6.54 Å². The van der Waals surface area contributed by atoms with Crippen LogP contribution in [0.2, 0.25) is 0 Å². The molecule has 2 aromatic heterocycles. The summed E-state index contributed by atoms with van der Waals surface area (Å²) in [5, 5.41) is 23.0. The number of imidazole rings is 1. The first-order chi connectivity index (χ1) is 11.4. The molecule has 128 valence electrons. The number of hydrogen-bond acceptors (Lipinski definition) is 8. The van der Waals surface area contributed by atoms with Gasteiger partial charge in [-0.1, -0.05) is 12.2 Å². The molecule has 0 aliphatic carbocycles. The van der Waals surface area contributed by atoms with Crippen LogP contribution in [0.1, 0.15) is 13.2 Å². The first-order valence-corrected chi connectivity index (χ1v) is 7.27. The molecule has 0 aromatic carbocycles. The van der Waals surface area contributed by atoms with Gasteiger partial charge in [-0.15, -0.1) is 0 Å². The first-order valence-electron chi connectivity index (χ1n) is 7.27. The van der Waals surface area contributed by atoms with Gasteiger partial charge in [-0.3, -0.25) is 9.36 Å². The fourth-order valence-corrected chi connectivity index (χ4v) is 2.50. The van der Waals surface area contributed by atoms with E-state index in [9.17, 15) is 15.0 Å². The van der Waals surface area contributed by atoms with Gasteiger partial charge in [-0.2, -0.15) is 0 Å². The van der Waals surface area contributed by atoms with Crippen molar-refractivity contribution >= 4 is 22.9 Å². The summed E-state index contributed by atoms with van der Waals surface area (Å²) in [4.78, 5) is 24.1. The van der Waals surface area contributed by atoms with Crippen LogP contribution in [0.3, 0.4) is 0 Å². The van der Waals surface area contributed by atoms with Crippen LogP contribution in [0.4, 0.5) is 5.82 Å². The molecule has 0 spiro atoms. The Balaban J connectivity index is 1.85. The van der Waals surface area contributed by atoms with Crippen molar-refractivity contribution in [1.29, 1.82) is 0 Å².